The first-order valence-corrected chi connectivity index (χ1v) is 67.7. The average molecular weight is 2320 g/mol. The highest BCUT2D eigenvalue weighted by Gasteiger charge is 2.61. The molecule has 0 amide bonds. The number of fused-ring (bicyclic) bond motifs is 14. The SMILES string of the molecule is Cc1ncnc2c1ncn2[C@@H]1O[C@@H]2COP(O)(=S)O[C@H]3[C@@H](O[Si](C)(C)C(C)(C)C)[C@H](n4cnc5c4N=C(N)CC5=O)O[C@@H]3COP(=O)(S)O[C@@H]1[C@@H]2C.Cc1ncnc2c1ncn2[C@@H]1O[C@@H]2COP(O)(=S)O[C@H]3[C@@H](O[Si](C)(C)C(C)(C)C)[C@H](n4cnc5c4N=C(N)CC5=O)O[C@@H]3COP(O)(=S)O[C@@H]1[C@@H]2C.Cc1ncnc2c1ncn2[C@H]1O[C@H]2COP(O)(=S)O[C@@H]3[C@H](O)[C@@H](n4cnc5c(N)ncnc54)O[C@H]3COP(O)(=S)O[C@@H]2[C@@H]1O. The van der Waals surface area contributed by atoms with Gasteiger partial charge in [-0.1, -0.05) is 67.6 Å². The number of hydrogen-bond donors (Lipinski definition) is 11. The van der Waals surface area contributed by atoms with Crippen LogP contribution in [0.15, 0.2) is 73.3 Å². The summed E-state index contributed by atoms with van der Waals surface area (Å²) in [5.41, 5.74) is 23.6. The Kier molecular flexibility index (Phi) is 30.9. The minimum atomic E-state index is -4.17. The van der Waals surface area contributed by atoms with Crippen molar-refractivity contribution in [2.75, 3.05) is 45.4 Å². The van der Waals surface area contributed by atoms with Gasteiger partial charge in [-0.3, -0.25) is 64.1 Å². The summed E-state index contributed by atoms with van der Waals surface area (Å²) in [6, 6.07) is 0. The molecule has 804 valence electrons. The van der Waals surface area contributed by atoms with Crippen LogP contribution in [0.3, 0.4) is 0 Å². The summed E-state index contributed by atoms with van der Waals surface area (Å²) in [7, 11) is -5.25. The molecule has 0 aliphatic carbocycles. The molecular formula is C79H109N25O30P6S6Si2. The predicted molar refractivity (Wildman–Crippen MR) is 547 cm³/mol. The minimum Gasteiger partial charge on any atom is -0.407 e. The minimum absolute atomic E-state index is 0.0663. The molecule has 0 radical (unpaired) electrons. The Balaban J connectivity index is 0.000000140. The van der Waals surface area contributed by atoms with E-state index in [4.69, 9.17) is 168 Å². The van der Waals surface area contributed by atoms with Crippen LogP contribution in [0.25, 0.3) is 44.7 Å². The second-order valence-electron chi connectivity index (χ2n) is 39.8. The van der Waals surface area contributed by atoms with E-state index < -0.39 is 224 Å². The van der Waals surface area contributed by atoms with E-state index in [1.165, 1.54) is 70.6 Å². The first kappa shape index (κ1) is 110. The van der Waals surface area contributed by atoms with Crippen molar-refractivity contribution in [3.05, 3.63) is 91.7 Å². The Morgan fingerprint density at radius 1 is 0.385 bits per heavy atom. The number of carbonyl (C=O) groups is 2. The normalized spacial score (nSPS) is 36.8. The van der Waals surface area contributed by atoms with Crippen molar-refractivity contribution in [1.82, 2.24) is 97.2 Å². The number of aliphatic hydroxyl groups excluding tert-OH is 2. The van der Waals surface area contributed by atoms with Gasteiger partial charge < -0.3 is 116 Å². The third kappa shape index (κ3) is 22.0. The number of thiol groups is 1. The number of rotatable bonds is 10. The van der Waals surface area contributed by atoms with Crippen molar-refractivity contribution in [1.29, 1.82) is 0 Å². The van der Waals surface area contributed by atoms with Crippen molar-refractivity contribution >= 4 is 214 Å². The summed E-state index contributed by atoms with van der Waals surface area (Å²) >= 11 is 31.7. The second kappa shape index (κ2) is 41.5. The molecular weight excluding hydrogens is 2210 g/mol. The first-order chi connectivity index (χ1) is 69.4. The summed E-state index contributed by atoms with van der Waals surface area (Å²) < 4.78 is 147. The lowest BCUT2D eigenvalue weighted by Crippen LogP contribution is -2.49. The van der Waals surface area contributed by atoms with Gasteiger partial charge in [0.25, 0.3) is 0 Å². The van der Waals surface area contributed by atoms with Crippen LogP contribution in [-0.4, -0.2) is 309 Å². The maximum atomic E-state index is 14.1. The smallest absolute Gasteiger partial charge is 0.386 e. The van der Waals surface area contributed by atoms with Crippen LogP contribution >= 0.6 is 52.6 Å². The first-order valence-electron chi connectivity index (χ1n) is 46.2. The Morgan fingerprint density at radius 3 is 1.03 bits per heavy atom. The lowest BCUT2D eigenvalue weighted by atomic mass is 10.0. The number of hydrogen-bond acceptors (Lipinski definition) is 49. The number of imidazole rings is 6. The molecule has 21 rings (SSSR count). The van der Waals surface area contributed by atoms with E-state index in [1.54, 1.807) is 33.9 Å². The third-order valence-corrected chi connectivity index (χ3v) is 46.3. The molecule has 9 saturated heterocycles. The number of aliphatic hydroxyl groups is 2. The van der Waals surface area contributed by atoms with Crippen LogP contribution in [0.1, 0.15) is 144 Å². The van der Waals surface area contributed by atoms with Crippen molar-refractivity contribution in [3.63, 3.8) is 0 Å². The topological polar surface area (TPSA) is 690 Å². The molecule has 0 spiro atoms. The van der Waals surface area contributed by atoms with Crippen molar-refractivity contribution < 1.29 is 140 Å². The molecule has 148 heavy (non-hydrogen) atoms. The number of nitrogens with zero attached hydrogens (tertiary/aromatic N) is 22. The van der Waals surface area contributed by atoms with Gasteiger partial charge in [-0.05, 0) is 116 Å². The summed E-state index contributed by atoms with van der Waals surface area (Å²) in [4.78, 5) is 151. The number of aromatic nitrogens is 20. The molecule has 6 unspecified atom stereocenters. The summed E-state index contributed by atoms with van der Waals surface area (Å²) in [6.45, 7) is 3.02. The number of aliphatic imine (C=N–C) groups is 2. The molecule has 13 N–H and O–H groups in total. The zero-order chi connectivity index (χ0) is 106. The van der Waals surface area contributed by atoms with Gasteiger partial charge in [0, 0.05) is 11.8 Å². The molecule has 55 nitrogen and oxygen atoms in total. The van der Waals surface area contributed by atoms with Crippen molar-refractivity contribution in [2.24, 2.45) is 33.3 Å². The highest BCUT2D eigenvalue weighted by molar-refractivity contribution is 8.44. The molecule has 9 fully saturated rings. The number of ether oxygens (including phenoxy) is 6. The lowest BCUT2D eigenvalue weighted by Gasteiger charge is -2.41. The maximum absolute atomic E-state index is 14.1. The Labute approximate surface area is 876 Å². The molecule has 10 aromatic rings. The molecule has 11 aliphatic rings. The van der Waals surface area contributed by atoms with Crippen LogP contribution in [-0.2, 0) is 155 Å². The molecule has 0 aromatic carbocycles. The van der Waals surface area contributed by atoms with Gasteiger partial charge in [0.15, 0.2) is 117 Å². The van der Waals surface area contributed by atoms with Gasteiger partial charge in [-0.25, -0.2) is 84.3 Å². The van der Waals surface area contributed by atoms with Gasteiger partial charge in [0.2, 0.25) is 0 Å². The predicted octanol–water partition coefficient (Wildman–Crippen LogP) is 7.50. The monoisotopic (exact) mass is 2320 g/mol. The van der Waals surface area contributed by atoms with Gasteiger partial charge in [0.1, 0.15) is 145 Å². The van der Waals surface area contributed by atoms with Gasteiger partial charge in [-0.15, -0.1) is 0 Å². The van der Waals surface area contributed by atoms with Crippen LogP contribution in [0.2, 0.25) is 36.3 Å². The molecule has 10 aromatic heterocycles. The fourth-order valence-electron chi connectivity index (χ4n) is 18.1. The summed E-state index contributed by atoms with van der Waals surface area (Å²) in [6.07, 6.45) is -9.39. The van der Waals surface area contributed by atoms with Gasteiger partial charge in [0.05, 0.1) is 120 Å². The highest BCUT2D eigenvalue weighted by Crippen LogP contribution is 2.63. The Bertz CT molecular complexity index is 6780. The number of Topliss-reactive ketones (excluding diaryl/α,β-unsaturated/α-hetero) is 2. The van der Waals surface area contributed by atoms with E-state index in [9.17, 15) is 48.8 Å². The van der Waals surface area contributed by atoms with Gasteiger partial charge in [-0.2, -0.15) is 0 Å². The van der Waals surface area contributed by atoms with E-state index in [-0.39, 0.29) is 106 Å². The van der Waals surface area contributed by atoms with Gasteiger partial charge >= 0.3 is 40.4 Å². The molecule has 11 aliphatic heterocycles. The van der Waals surface area contributed by atoms with E-state index in [0.29, 0.717) is 50.6 Å². The fourth-order valence-corrected chi connectivity index (χ4v) is 29.5. The zero-order valence-corrected chi connectivity index (χ0v) is 93.9. The number of nitrogens with two attached hydrogens (primary N) is 3. The quantitative estimate of drug-likeness (QED) is 0.0358. The van der Waals surface area contributed by atoms with Crippen LogP contribution in [0.4, 0.5) is 17.5 Å². The average Bonchev–Trinajstić information content (AvgIpc) is 1.63. The van der Waals surface area contributed by atoms with Crippen LogP contribution in [0, 0.1) is 32.6 Å². The Hall–Kier alpha value is -6.12. The fraction of sp³-hybridized carbons (Fsp3) is 0.620. The summed E-state index contributed by atoms with van der Waals surface area (Å²) in [5, 5.41) is 22.0. The maximum Gasteiger partial charge on any atom is 0.386 e. The lowest BCUT2D eigenvalue weighted by molar-refractivity contribution is -0.0605. The molecule has 69 heteroatoms. The van der Waals surface area contributed by atoms with Crippen molar-refractivity contribution in [3.8, 4) is 0 Å². The van der Waals surface area contributed by atoms with Crippen LogP contribution < -0.4 is 17.2 Å². The highest BCUT2D eigenvalue weighted by atomic mass is 32.7. The molecule has 21 heterocycles. The number of anilines is 1. The van der Waals surface area contributed by atoms with E-state index >= 15 is 0 Å². The largest absolute Gasteiger partial charge is 0.407 e. The van der Waals surface area contributed by atoms with E-state index in [1.807, 2.05) is 47.0 Å². The Morgan fingerprint density at radius 2 is 0.669 bits per heavy atom. The third-order valence-electron chi connectivity index (χ3n) is 27.9. The van der Waals surface area contributed by atoms with Crippen LogP contribution in [0.5, 0.6) is 0 Å². The number of ketones is 2. The molecule has 0 saturated carbocycles. The van der Waals surface area contributed by atoms with E-state index in [0.717, 1.165) is 0 Å². The number of nitrogen functional groups attached to an aromatic ring is 1. The van der Waals surface area contributed by atoms with E-state index in [2.05, 4.69) is 134 Å². The number of aryl methyl sites for hydroxylation is 3. The number of carbonyl (C=O) groups excluding carboxylic acids is 2. The second-order valence-corrected chi connectivity index (χ2v) is 66.1. The van der Waals surface area contributed by atoms with Crippen molar-refractivity contribution in [2.45, 2.75) is 260 Å². The summed E-state index contributed by atoms with van der Waals surface area (Å²) in [5.74, 6) is -0.789. The zero-order valence-electron chi connectivity index (χ0n) is 81.5. The molecule has 30 atom stereocenters. The molecule has 4 bridgehead atoms. The standard InChI is InChI=1S/2C29H42N8O10P2S2Si.C21H25N9O10P2S2/c2*1-14-17-9-41-49(40,51)46-23-18(10-42-48(39,50)45-22(14)27(43-17)36-12-33-20-15(2)31-11-32-25(20)36)44-28(24(23)47-52(6,7)29(3,4)5)37-13-34-21-16(38)8-19(30)35-26(21)37;1-8-11-18(25-4-23-8)29(6-27-11)20-13(31)15-9(37-20)2-35-42(34,44)40-16-10(3-36-41(33,43)39-15)38-21(14(16)32)30-7-28-12-17(22)24-5-26-19(12)30/h2*11-14,17-18,22-24,27-28H,8-10H2,1-7H3,(H2,30,35)(H,39,50)(H,40,51);4-7,9-10,13-16,20-21,31-32H,2-3H2,1H3,(H,33,43)(H,34,44)(H2,22,24,26)/t2*14-,17-,18-,22-,23-,24-,27-,28-,48?,49?;9-,10-,13-,14-,15-,16-,20-,21-,41?,42?/m110/s1. The number of amidine groups is 2.